The van der Waals surface area contributed by atoms with E-state index in [1.54, 1.807) is 12.4 Å². The van der Waals surface area contributed by atoms with Crippen molar-refractivity contribution in [2.75, 3.05) is 18.0 Å². The minimum atomic E-state index is -0.532. The van der Waals surface area contributed by atoms with E-state index in [0.717, 1.165) is 35.6 Å². The predicted octanol–water partition coefficient (Wildman–Crippen LogP) is 6.32. The van der Waals surface area contributed by atoms with E-state index in [2.05, 4.69) is 20.4 Å². The number of rotatable bonds is 3. The summed E-state index contributed by atoms with van der Waals surface area (Å²) in [5.74, 6) is 0.756. The average molecular weight is 521 g/mol. The zero-order valence-electron chi connectivity index (χ0n) is 21.4. The Morgan fingerprint density at radius 2 is 1.83 bits per heavy atom. The van der Waals surface area contributed by atoms with Crippen molar-refractivity contribution in [2.24, 2.45) is 0 Å². The number of anilines is 1. The Labute approximate surface area is 217 Å². The number of ether oxygens (including phenoxy) is 1. The molecule has 0 unspecified atom stereocenters. The third-order valence-corrected chi connectivity index (χ3v) is 6.60. The van der Waals surface area contributed by atoms with Gasteiger partial charge in [-0.2, -0.15) is 0 Å². The van der Waals surface area contributed by atoms with Crippen LogP contribution in [0.4, 0.5) is 10.6 Å². The maximum Gasteiger partial charge on any atom is 0.408 e. The van der Waals surface area contributed by atoms with E-state index in [-0.39, 0.29) is 5.54 Å². The van der Waals surface area contributed by atoms with Gasteiger partial charge in [0.15, 0.2) is 5.82 Å². The Hall–Kier alpha value is -2.58. The molecule has 3 aromatic rings. The second-order valence-electron chi connectivity index (χ2n) is 9.67. The van der Waals surface area contributed by atoms with Gasteiger partial charge in [0.2, 0.25) is 5.65 Å². The summed E-state index contributed by atoms with van der Waals surface area (Å²) in [6.07, 6.45) is 2.76. The third-order valence-electron chi connectivity index (χ3n) is 5.78. The Morgan fingerprint density at radius 1 is 1.17 bits per heavy atom. The summed E-state index contributed by atoms with van der Waals surface area (Å²) in [4.78, 5) is 19.4. The lowest BCUT2D eigenvalue weighted by atomic mass is 9.90. The summed E-state index contributed by atoms with van der Waals surface area (Å²) in [7, 11) is 0. The van der Waals surface area contributed by atoms with E-state index in [4.69, 9.17) is 32.9 Å². The fraction of sp³-hybridized carbons (Fsp3) is 0.520. The molecule has 1 N–H and O–H groups in total. The number of benzene rings is 1. The molecule has 0 spiro atoms. The first kappa shape index (κ1) is 27.0. The molecule has 4 rings (SSSR count). The summed E-state index contributed by atoms with van der Waals surface area (Å²) in [6.45, 7) is 15.0. The lowest BCUT2D eigenvalue weighted by molar-refractivity contribution is 0.0448. The number of hydrogen-bond acceptors (Lipinski definition) is 6. The van der Waals surface area contributed by atoms with Crippen molar-refractivity contribution < 1.29 is 9.53 Å². The van der Waals surface area contributed by atoms with Crippen molar-refractivity contribution in [3.63, 3.8) is 0 Å². The topological polar surface area (TPSA) is 84.7 Å². The number of carbonyl (C=O) groups excluding carboxylic acids is 1. The second kappa shape index (κ2) is 10.6. The molecule has 1 saturated heterocycles. The van der Waals surface area contributed by atoms with Crippen LogP contribution in [-0.4, -0.2) is 49.9 Å². The summed E-state index contributed by atoms with van der Waals surface area (Å²) in [6, 6.07) is 5.52. The van der Waals surface area contributed by atoms with Gasteiger partial charge in [-0.25, -0.2) is 9.78 Å². The Kier molecular flexibility index (Phi) is 8.17. The van der Waals surface area contributed by atoms with Crippen LogP contribution in [0.3, 0.4) is 0 Å². The highest BCUT2D eigenvalue weighted by molar-refractivity contribution is 6.43. The van der Waals surface area contributed by atoms with Crippen LogP contribution in [0.2, 0.25) is 10.0 Å². The van der Waals surface area contributed by atoms with Gasteiger partial charge >= 0.3 is 6.09 Å². The molecule has 1 aliphatic rings. The zero-order chi connectivity index (χ0) is 26.0. The molecule has 1 fully saturated rings. The number of aromatic nitrogens is 4. The van der Waals surface area contributed by atoms with E-state index in [1.165, 1.54) is 0 Å². The number of nitrogens with one attached hydrogen (secondary N) is 1. The van der Waals surface area contributed by atoms with E-state index in [1.807, 2.05) is 65.0 Å². The molecule has 190 valence electrons. The van der Waals surface area contributed by atoms with Crippen LogP contribution in [0.15, 0.2) is 24.5 Å². The van der Waals surface area contributed by atoms with Gasteiger partial charge in [-0.05, 0) is 53.5 Å². The van der Waals surface area contributed by atoms with Gasteiger partial charge in [-0.1, -0.05) is 49.2 Å². The van der Waals surface area contributed by atoms with Crippen LogP contribution in [0.25, 0.3) is 16.9 Å². The van der Waals surface area contributed by atoms with Crippen LogP contribution in [0, 0.1) is 6.92 Å². The summed E-state index contributed by atoms with van der Waals surface area (Å²) in [5, 5.41) is 12.5. The van der Waals surface area contributed by atoms with Gasteiger partial charge in [0.1, 0.15) is 11.9 Å². The first-order valence-corrected chi connectivity index (χ1v) is 12.6. The molecule has 0 aliphatic carbocycles. The van der Waals surface area contributed by atoms with Crippen LogP contribution in [-0.2, 0) is 4.74 Å². The number of halogens is 2. The Balaban J connectivity index is 0.00000167. The van der Waals surface area contributed by atoms with Gasteiger partial charge < -0.3 is 15.0 Å². The number of hydrogen-bond donors (Lipinski definition) is 1. The minimum absolute atomic E-state index is 0.355. The number of alkyl carbamates (subject to hydrolysis) is 1. The first-order chi connectivity index (χ1) is 16.5. The largest absolute Gasteiger partial charge is 0.444 e. The Bertz CT molecular complexity index is 1200. The van der Waals surface area contributed by atoms with E-state index >= 15 is 0 Å². The number of piperidine rings is 1. The first-order valence-electron chi connectivity index (χ1n) is 11.9. The quantitative estimate of drug-likeness (QED) is 0.435. The molecule has 3 heterocycles. The maximum atomic E-state index is 12.3. The monoisotopic (exact) mass is 520 g/mol. The number of nitrogens with zero attached hydrogens (tertiary/aromatic N) is 5. The molecule has 8 nitrogen and oxygen atoms in total. The highest BCUT2D eigenvalue weighted by atomic mass is 35.5. The predicted molar refractivity (Wildman–Crippen MR) is 142 cm³/mol. The molecule has 1 aromatic carbocycles. The van der Waals surface area contributed by atoms with E-state index < -0.39 is 11.7 Å². The molecular formula is C25H34Cl2N6O2. The van der Waals surface area contributed by atoms with Gasteiger partial charge in [-0.3, -0.25) is 4.40 Å². The fourth-order valence-corrected chi connectivity index (χ4v) is 4.49. The molecular weight excluding hydrogens is 487 g/mol. The third kappa shape index (κ3) is 5.98. The van der Waals surface area contributed by atoms with Crippen molar-refractivity contribution in [3.05, 3.63) is 40.3 Å². The molecule has 10 heteroatoms. The lowest BCUT2D eigenvalue weighted by Gasteiger charge is -2.40. The number of aryl methyl sites for hydroxylation is 1. The van der Waals surface area contributed by atoms with Crippen molar-refractivity contribution in [1.29, 1.82) is 0 Å². The highest BCUT2D eigenvalue weighted by Crippen LogP contribution is 2.37. The van der Waals surface area contributed by atoms with E-state index in [0.29, 0.717) is 28.8 Å². The molecule has 0 radical (unpaired) electrons. The normalized spacial score (nSPS) is 15.4. The Morgan fingerprint density at radius 3 is 2.46 bits per heavy atom. The molecule has 0 saturated carbocycles. The van der Waals surface area contributed by atoms with Crippen LogP contribution < -0.4 is 10.2 Å². The van der Waals surface area contributed by atoms with Crippen LogP contribution in [0.1, 0.15) is 60.1 Å². The number of amides is 1. The number of fused-ring (bicyclic) bond motifs is 1. The van der Waals surface area contributed by atoms with Crippen LogP contribution in [0.5, 0.6) is 0 Å². The van der Waals surface area contributed by atoms with Gasteiger partial charge in [0.25, 0.3) is 0 Å². The SMILES string of the molecule is CC.Cc1nc(N2CCC(C)(NC(=O)OC(C)(C)C)CC2)c2nncn2c1-c1cccc(Cl)c1Cl. The van der Waals surface area contributed by atoms with Crippen molar-refractivity contribution in [2.45, 2.75) is 72.4 Å². The van der Waals surface area contributed by atoms with Crippen molar-refractivity contribution in [1.82, 2.24) is 24.9 Å². The van der Waals surface area contributed by atoms with Gasteiger partial charge in [-0.15, -0.1) is 10.2 Å². The minimum Gasteiger partial charge on any atom is -0.444 e. The molecule has 1 aliphatic heterocycles. The standard InChI is InChI=1S/C23H28Cl2N6O2.C2H6/c1-14-18(15-7-6-8-16(24)17(15)25)31-13-26-29-20(31)19(27-14)30-11-9-23(5,10-12-30)28-21(32)33-22(2,3)4;1-2/h6-8,13H,9-12H2,1-5H3,(H,28,32);1-2H3. The van der Waals surface area contributed by atoms with Crippen LogP contribution >= 0.6 is 23.2 Å². The lowest BCUT2D eigenvalue weighted by Crippen LogP contribution is -2.54. The van der Waals surface area contributed by atoms with E-state index in [9.17, 15) is 4.79 Å². The fourth-order valence-electron chi connectivity index (χ4n) is 4.10. The second-order valence-corrected chi connectivity index (χ2v) is 10.5. The molecule has 35 heavy (non-hydrogen) atoms. The number of carbonyl (C=O) groups is 1. The molecule has 1 amide bonds. The summed E-state index contributed by atoms with van der Waals surface area (Å²) in [5.41, 5.74) is 2.14. The zero-order valence-corrected chi connectivity index (χ0v) is 23.0. The van der Waals surface area contributed by atoms with Gasteiger partial charge in [0, 0.05) is 24.2 Å². The van der Waals surface area contributed by atoms with Crippen molar-refractivity contribution >= 4 is 40.8 Å². The molecule has 2 aromatic heterocycles. The molecule has 0 atom stereocenters. The molecule has 0 bridgehead atoms. The summed E-state index contributed by atoms with van der Waals surface area (Å²) >= 11 is 12.8. The van der Waals surface area contributed by atoms with Crippen molar-refractivity contribution in [3.8, 4) is 11.3 Å². The summed E-state index contributed by atoms with van der Waals surface area (Å²) < 4.78 is 7.34. The smallest absolute Gasteiger partial charge is 0.408 e. The maximum absolute atomic E-state index is 12.3. The highest BCUT2D eigenvalue weighted by Gasteiger charge is 2.34. The average Bonchev–Trinajstić information content (AvgIpc) is 3.26. The van der Waals surface area contributed by atoms with Gasteiger partial charge in [0.05, 0.1) is 21.4 Å².